The summed E-state index contributed by atoms with van der Waals surface area (Å²) in [5.74, 6) is 0.752. The van der Waals surface area contributed by atoms with Crippen LogP contribution in [0.15, 0.2) is 12.1 Å². The average Bonchev–Trinajstić information content (AvgIpc) is 2.83. The maximum atomic E-state index is 12.6. The lowest BCUT2D eigenvalue weighted by Crippen LogP contribution is -2.15. The summed E-state index contributed by atoms with van der Waals surface area (Å²) >= 11 is 0. The van der Waals surface area contributed by atoms with Crippen LogP contribution in [0.2, 0.25) is 0 Å². The zero-order valence-corrected chi connectivity index (χ0v) is 14.8. The lowest BCUT2D eigenvalue weighted by atomic mass is 10.1. The zero-order valence-electron chi connectivity index (χ0n) is 14.8. The van der Waals surface area contributed by atoms with Crippen LogP contribution in [-0.4, -0.2) is 30.9 Å². The van der Waals surface area contributed by atoms with Crippen molar-refractivity contribution >= 4 is 17.4 Å². The molecule has 1 aromatic heterocycles. The van der Waals surface area contributed by atoms with Gasteiger partial charge in [0.2, 0.25) is 0 Å². The summed E-state index contributed by atoms with van der Waals surface area (Å²) in [5.41, 5.74) is 3.74. The molecule has 2 aromatic rings. The summed E-state index contributed by atoms with van der Waals surface area (Å²) in [7, 11) is 3.10. The molecule has 1 aromatic carbocycles. The van der Waals surface area contributed by atoms with Crippen molar-refractivity contribution in [3.63, 3.8) is 0 Å². The number of aryl methyl sites for hydroxylation is 2. The molecule has 6 nitrogen and oxygen atoms in total. The van der Waals surface area contributed by atoms with Gasteiger partial charge < -0.3 is 19.8 Å². The largest absolute Gasteiger partial charge is 0.493 e. The second kappa shape index (κ2) is 6.78. The van der Waals surface area contributed by atoms with Gasteiger partial charge in [0, 0.05) is 23.0 Å². The number of amides is 1. The number of carbonyl (C=O) groups excluding carboxylic acids is 2. The van der Waals surface area contributed by atoms with Crippen molar-refractivity contribution < 1.29 is 19.1 Å². The molecule has 1 heterocycles. The van der Waals surface area contributed by atoms with Gasteiger partial charge in [-0.1, -0.05) is 0 Å². The van der Waals surface area contributed by atoms with Crippen LogP contribution in [0.4, 0.5) is 5.69 Å². The fraction of sp³-hybridized carbons (Fsp3) is 0.333. The Bertz CT molecular complexity index is 806. The van der Waals surface area contributed by atoms with Crippen molar-refractivity contribution in [3.05, 3.63) is 40.2 Å². The Labute approximate surface area is 141 Å². The number of nitrogens with one attached hydrogen (secondary N) is 2. The number of benzene rings is 1. The smallest absolute Gasteiger partial charge is 0.272 e. The van der Waals surface area contributed by atoms with Gasteiger partial charge in [0.15, 0.2) is 17.3 Å². The first kappa shape index (κ1) is 17.6. The molecule has 0 saturated heterocycles. The predicted molar refractivity (Wildman–Crippen MR) is 92.5 cm³/mol. The van der Waals surface area contributed by atoms with E-state index in [1.165, 1.54) is 14.0 Å². The Kier molecular flexibility index (Phi) is 4.97. The van der Waals surface area contributed by atoms with Crippen LogP contribution in [-0.2, 0) is 0 Å². The number of ketones is 1. The number of H-pyrrole nitrogens is 1. The van der Waals surface area contributed by atoms with E-state index in [1.54, 1.807) is 33.1 Å². The molecular weight excluding hydrogens is 308 g/mol. The highest BCUT2D eigenvalue weighted by atomic mass is 16.5. The van der Waals surface area contributed by atoms with Gasteiger partial charge in [-0.3, -0.25) is 9.59 Å². The molecule has 0 aliphatic rings. The second-order valence-corrected chi connectivity index (χ2v) is 5.66. The van der Waals surface area contributed by atoms with Gasteiger partial charge in [0.1, 0.15) is 5.69 Å². The molecule has 0 aliphatic heterocycles. The van der Waals surface area contributed by atoms with Crippen LogP contribution in [0.25, 0.3) is 0 Å². The molecule has 0 spiro atoms. The topological polar surface area (TPSA) is 80.4 Å². The maximum Gasteiger partial charge on any atom is 0.272 e. The second-order valence-electron chi connectivity index (χ2n) is 5.66. The Morgan fingerprint density at radius 1 is 1.04 bits per heavy atom. The molecule has 0 radical (unpaired) electrons. The van der Waals surface area contributed by atoms with Gasteiger partial charge in [-0.25, -0.2) is 0 Å². The van der Waals surface area contributed by atoms with Crippen molar-refractivity contribution in [3.8, 4) is 11.5 Å². The summed E-state index contributed by atoms with van der Waals surface area (Å²) < 4.78 is 10.5. The van der Waals surface area contributed by atoms with Crippen LogP contribution in [0.3, 0.4) is 0 Å². The summed E-state index contributed by atoms with van der Waals surface area (Å²) in [6, 6.07) is 3.51. The van der Waals surface area contributed by atoms with E-state index in [0.717, 1.165) is 5.56 Å². The van der Waals surface area contributed by atoms with Gasteiger partial charge >= 0.3 is 0 Å². The molecule has 2 rings (SSSR count). The molecule has 24 heavy (non-hydrogen) atoms. The maximum absolute atomic E-state index is 12.6. The molecule has 0 atom stereocenters. The third-order valence-electron chi connectivity index (χ3n) is 4.00. The number of ether oxygens (including phenoxy) is 2. The van der Waals surface area contributed by atoms with Crippen LogP contribution in [0.5, 0.6) is 11.5 Å². The molecule has 1 amide bonds. The SMILES string of the molecule is COc1cc(C)c(NC(=O)c2[nH]c(C)c(C(C)=O)c2C)cc1OC. The first-order chi connectivity index (χ1) is 11.3. The molecule has 128 valence electrons. The number of Topliss-reactive ketones (excluding diaryl/α,β-unsaturated/α-hetero) is 1. The molecule has 0 fully saturated rings. The van der Waals surface area contributed by atoms with Gasteiger partial charge in [0.25, 0.3) is 5.91 Å². The van der Waals surface area contributed by atoms with E-state index < -0.39 is 0 Å². The molecule has 0 unspecified atom stereocenters. The fourth-order valence-electron chi connectivity index (χ4n) is 2.81. The third-order valence-corrected chi connectivity index (χ3v) is 4.00. The minimum Gasteiger partial charge on any atom is -0.493 e. The van der Waals surface area contributed by atoms with E-state index in [4.69, 9.17) is 9.47 Å². The van der Waals surface area contributed by atoms with Crippen molar-refractivity contribution in [1.29, 1.82) is 0 Å². The number of rotatable bonds is 5. The number of hydrogen-bond donors (Lipinski definition) is 2. The normalized spacial score (nSPS) is 10.4. The van der Waals surface area contributed by atoms with Crippen molar-refractivity contribution in [2.45, 2.75) is 27.7 Å². The summed E-state index contributed by atoms with van der Waals surface area (Å²) in [5, 5.41) is 2.86. The fourth-order valence-corrected chi connectivity index (χ4v) is 2.81. The van der Waals surface area contributed by atoms with E-state index in [-0.39, 0.29) is 11.7 Å². The van der Waals surface area contributed by atoms with Crippen LogP contribution in [0, 0.1) is 20.8 Å². The van der Waals surface area contributed by atoms with Crippen molar-refractivity contribution in [1.82, 2.24) is 4.98 Å². The Morgan fingerprint density at radius 3 is 2.12 bits per heavy atom. The summed E-state index contributed by atoms with van der Waals surface area (Å²) in [6.07, 6.45) is 0. The first-order valence-corrected chi connectivity index (χ1v) is 7.54. The summed E-state index contributed by atoms with van der Waals surface area (Å²) in [6.45, 7) is 6.90. The molecular formula is C18H22N2O4. The number of methoxy groups -OCH3 is 2. The predicted octanol–water partition coefficient (Wildman–Crippen LogP) is 3.41. The van der Waals surface area contributed by atoms with E-state index in [1.807, 2.05) is 6.92 Å². The van der Waals surface area contributed by atoms with E-state index in [0.29, 0.717) is 39.7 Å². The summed E-state index contributed by atoms with van der Waals surface area (Å²) in [4.78, 5) is 27.3. The molecule has 0 saturated carbocycles. The highest BCUT2D eigenvalue weighted by Gasteiger charge is 2.20. The number of anilines is 1. The van der Waals surface area contributed by atoms with Crippen molar-refractivity contribution in [2.24, 2.45) is 0 Å². The van der Waals surface area contributed by atoms with Gasteiger partial charge in [-0.2, -0.15) is 0 Å². The van der Waals surface area contributed by atoms with Gasteiger partial charge in [0.05, 0.1) is 14.2 Å². The van der Waals surface area contributed by atoms with Gasteiger partial charge in [-0.15, -0.1) is 0 Å². The lowest BCUT2D eigenvalue weighted by molar-refractivity contribution is 0.101. The third kappa shape index (κ3) is 3.13. The lowest BCUT2D eigenvalue weighted by Gasteiger charge is -2.13. The minimum absolute atomic E-state index is 0.0670. The van der Waals surface area contributed by atoms with Crippen molar-refractivity contribution in [2.75, 3.05) is 19.5 Å². The monoisotopic (exact) mass is 330 g/mol. The average molecular weight is 330 g/mol. The Hall–Kier alpha value is -2.76. The van der Waals surface area contributed by atoms with E-state index in [2.05, 4.69) is 10.3 Å². The van der Waals surface area contributed by atoms with Crippen LogP contribution < -0.4 is 14.8 Å². The molecule has 0 aliphatic carbocycles. The van der Waals surface area contributed by atoms with Crippen LogP contribution >= 0.6 is 0 Å². The van der Waals surface area contributed by atoms with Gasteiger partial charge in [-0.05, 0) is 44.9 Å². The number of hydrogen-bond acceptors (Lipinski definition) is 4. The standard InChI is InChI=1S/C18H22N2O4/c1-9-7-14(23-5)15(24-6)8-13(9)20-18(22)17-10(2)16(12(4)21)11(3)19-17/h7-8,19H,1-6H3,(H,20,22). The Balaban J connectivity index is 2.37. The highest BCUT2D eigenvalue weighted by Crippen LogP contribution is 2.33. The highest BCUT2D eigenvalue weighted by molar-refractivity contribution is 6.08. The number of aromatic nitrogens is 1. The number of carbonyl (C=O) groups is 2. The molecule has 2 N–H and O–H groups in total. The van der Waals surface area contributed by atoms with E-state index in [9.17, 15) is 9.59 Å². The number of aromatic amines is 1. The van der Waals surface area contributed by atoms with E-state index >= 15 is 0 Å². The molecule has 0 bridgehead atoms. The zero-order chi connectivity index (χ0) is 18.0. The Morgan fingerprint density at radius 2 is 1.62 bits per heavy atom. The minimum atomic E-state index is -0.307. The molecule has 6 heteroatoms. The first-order valence-electron chi connectivity index (χ1n) is 7.54. The quantitative estimate of drug-likeness (QED) is 0.823. The van der Waals surface area contributed by atoms with Crippen LogP contribution in [0.1, 0.15) is 44.6 Å².